The number of hydrogen-bond acceptors (Lipinski definition) is 4. The number of nitrogens with one attached hydrogen (secondary N) is 2. The van der Waals surface area contributed by atoms with E-state index in [2.05, 4.69) is 10.4 Å². The molecule has 26 heavy (non-hydrogen) atoms. The molecule has 1 aromatic rings. The highest BCUT2D eigenvalue weighted by molar-refractivity contribution is 5.80. The zero-order valence-electron chi connectivity index (χ0n) is 14.2. The molecular formula is C16H19F3N4O3. The van der Waals surface area contributed by atoms with Gasteiger partial charge >= 0.3 is 6.18 Å². The Morgan fingerprint density at radius 2 is 2.00 bits per heavy atom. The van der Waals surface area contributed by atoms with Gasteiger partial charge in [0.25, 0.3) is 5.56 Å². The molecule has 1 fully saturated rings. The Labute approximate surface area is 146 Å². The normalized spacial score (nSPS) is 22.9. The summed E-state index contributed by atoms with van der Waals surface area (Å²) >= 11 is 0. The summed E-state index contributed by atoms with van der Waals surface area (Å²) in [5.41, 5.74) is -2.47. The zero-order chi connectivity index (χ0) is 19.1. The van der Waals surface area contributed by atoms with Crippen molar-refractivity contribution in [3.05, 3.63) is 27.2 Å². The average Bonchev–Trinajstić information content (AvgIpc) is 2.91. The maximum Gasteiger partial charge on any atom is 0.435 e. The molecule has 2 aliphatic rings. The number of hydrogen-bond donors (Lipinski definition) is 2. The van der Waals surface area contributed by atoms with Crippen molar-refractivity contribution in [2.45, 2.75) is 57.3 Å². The van der Waals surface area contributed by atoms with Crippen LogP contribution in [-0.2, 0) is 28.7 Å². The minimum atomic E-state index is -4.71. The van der Waals surface area contributed by atoms with Crippen LogP contribution in [0.25, 0.3) is 0 Å². The summed E-state index contributed by atoms with van der Waals surface area (Å²) in [7, 11) is 0. The summed E-state index contributed by atoms with van der Waals surface area (Å²) < 4.78 is 39.4. The number of alkyl halides is 3. The Bertz CT molecular complexity index is 805. The average molecular weight is 372 g/mol. The van der Waals surface area contributed by atoms with Gasteiger partial charge in [0.15, 0.2) is 5.69 Å². The first-order chi connectivity index (χ1) is 12.1. The highest BCUT2D eigenvalue weighted by Gasteiger charge is 2.40. The van der Waals surface area contributed by atoms with Crippen LogP contribution in [0.3, 0.4) is 0 Å². The van der Waals surface area contributed by atoms with Crippen LogP contribution in [0.2, 0.25) is 0 Å². The van der Waals surface area contributed by atoms with E-state index in [1.165, 1.54) is 4.90 Å². The highest BCUT2D eigenvalue weighted by Crippen LogP contribution is 2.33. The molecular weight excluding hydrogens is 353 g/mol. The molecule has 0 aromatic carbocycles. The molecule has 2 aliphatic heterocycles. The molecule has 10 heteroatoms. The molecule has 0 spiro atoms. The van der Waals surface area contributed by atoms with Crippen molar-refractivity contribution in [1.82, 2.24) is 20.4 Å². The lowest BCUT2D eigenvalue weighted by atomic mass is 9.93. The quantitative estimate of drug-likeness (QED) is 0.831. The van der Waals surface area contributed by atoms with Crippen molar-refractivity contribution in [2.75, 3.05) is 6.54 Å². The number of aromatic nitrogens is 2. The van der Waals surface area contributed by atoms with Crippen molar-refractivity contribution in [2.24, 2.45) is 0 Å². The highest BCUT2D eigenvalue weighted by atomic mass is 19.4. The van der Waals surface area contributed by atoms with Crippen molar-refractivity contribution < 1.29 is 22.8 Å². The second-order valence-electron chi connectivity index (χ2n) is 7.03. The third-order valence-electron chi connectivity index (χ3n) is 5.03. The molecule has 7 nitrogen and oxygen atoms in total. The molecule has 2 amide bonds. The molecule has 0 radical (unpaired) electrons. The van der Waals surface area contributed by atoms with Crippen molar-refractivity contribution in [3.63, 3.8) is 0 Å². The van der Waals surface area contributed by atoms with Gasteiger partial charge in [-0.2, -0.15) is 18.3 Å². The molecule has 0 saturated carbocycles. The van der Waals surface area contributed by atoms with E-state index < -0.39 is 23.0 Å². The maximum absolute atomic E-state index is 13.1. The van der Waals surface area contributed by atoms with Gasteiger partial charge in [-0.05, 0) is 26.2 Å². The van der Waals surface area contributed by atoms with Crippen LogP contribution in [0, 0.1) is 0 Å². The third-order valence-corrected chi connectivity index (χ3v) is 5.03. The van der Waals surface area contributed by atoms with Gasteiger partial charge in [-0.3, -0.25) is 14.4 Å². The van der Waals surface area contributed by atoms with Gasteiger partial charge in [0, 0.05) is 42.6 Å². The fourth-order valence-electron chi connectivity index (χ4n) is 3.50. The minimum absolute atomic E-state index is 0.0337. The Morgan fingerprint density at radius 1 is 1.27 bits per heavy atom. The molecule has 1 unspecified atom stereocenters. The van der Waals surface area contributed by atoms with E-state index in [-0.39, 0.29) is 48.9 Å². The van der Waals surface area contributed by atoms with Crippen LogP contribution in [0.5, 0.6) is 0 Å². The number of carbonyl (C=O) groups excluding carboxylic acids is 2. The molecule has 1 aromatic heterocycles. The van der Waals surface area contributed by atoms with Crippen molar-refractivity contribution >= 4 is 11.8 Å². The smallest absolute Gasteiger partial charge is 0.351 e. The summed E-state index contributed by atoms with van der Waals surface area (Å²) in [6, 6.07) is 0. The predicted octanol–water partition coefficient (Wildman–Crippen LogP) is 1.12. The van der Waals surface area contributed by atoms with Gasteiger partial charge in [0.1, 0.15) is 0 Å². The van der Waals surface area contributed by atoms with E-state index in [1.54, 1.807) is 0 Å². The minimum Gasteiger partial charge on any atom is -0.351 e. The first kappa shape index (κ1) is 18.4. The van der Waals surface area contributed by atoms with Gasteiger partial charge < -0.3 is 10.2 Å². The molecule has 0 aliphatic carbocycles. The van der Waals surface area contributed by atoms with Crippen LogP contribution in [-0.4, -0.2) is 39.0 Å². The number of H-pyrrole nitrogens is 1. The number of aromatic amines is 1. The van der Waals surface area contributed by atoms with Crippen LogP contribution in [0.4, 0.5) is 13.2 Å². The van der Waals surface area contributed by atoms with Crippen molar-refractivity contribution in [3.8, 4) is 0 Å². The van der Waals surface area contributed by atoms with E-state index in [0.29, 0.717) is 19.3 Å². The second kappa shape index (κ2) is 6.40. The molecule has 3 heterocycles. The summed E-state index contributed by atoms with van der Waals surface area (Å²) in [4.78, 5) is 36.9. The number of amides is 2. The van der Waals surface area contributed by atoms with Crippen LogP contribution in [0.1, 0.15) is 49.4 Å². The molecule has 3 rings (SSSR count). The monoisotopic (exact) mass is 372 g/mol. The zero-order valence-corrected chi connectivity index (χ0v) is 14.2. The summed E-state index contributed by atoms with van der Waals surface area (Å²) in [5.74, 6) is -0.363. The third kappa shape index (κ3) is 3.58. The lowest BCUT2D eigenvalue weighted by Gasteiger charge is -2.31. The van der Waals surface area contributed by atoms with Crippen LogP contribution in [0.15, 0.2) is 4.79 Å². The van der Waals surface area contributed by atoms with Gasteiger partial charge in [-0.1, -0.05) is 0 Å². The van der Waals surface area contributed by atoms with Crippen molar-refractivity contribution in [1.29, 1.82) is 0 Å². The van der Waals surface area contributed by atoms with Crippen LogP contribution < -0.4 is 10.9 Å². The fourth-order valence-corrected chi connectivity index (χ4v) is 3.50. The van der Waals surface area contributed by atoms with Gasteiger partial charge in [-0.15, -0.1) is 0 Å². The standard InChI is InChI=1S/C16H19F3N4O3/c1-15(5-2-11(24)20-15)6-3-12(25)23-7-4-9-10(8-23)13(16(17,18)19)21-22-14(9)26/h2-8H2,1H3,(H,20,24)(H,22,26). The molecule has 1 saturated heterocycles. The number of halogens is 3. The summed E-state index contributed by atoms with van der Waals surface area (Å²) in [6.07, 6.45) is -3.09. The number of fused-ring (bicyclic) bond motifs is 1. The molecule has 1 atom stereocenters. The Balaban J connectivity index is 1.73. The van der Waals surface area contributed by atoms with Gasteiger partial charge in [0.05, 0.1) is 0 Å². The molecule has 142 valence electrons. The maximum atomic E-state index is 13.1. The van der Waals surface area contributed by atoms with E-state index in [4.69, 9.17) is 0 Å². The summed E-state index contributed by atoms with van der Waals surface area (Å²) in [6.45, 7) is 1.74. The van der Waals surface area contributed by atoms with Crippen LogP contribution >= 0.6 is 0 Å². The Kier molecular flexibility index (Phi) is 4.53. The van der Waals surface area contributed by atoms with E-state index in [9.17, 15) is 27.6 Å². The largest absolute Gasteiger partial charge is 0.435 e. The first-order valence-corrected chi connectivity index (χ1v) is 8.35. The Morgan fingerprint density at radius 3 is 2.62 bits per heavy atom. The topological polar surface area (TPSA) is 95.2 Å². The number of carbonyl (C=O) groups is 2. The lowest BCUT2D eigenvalue weighted by Crippen LogP contribution is -2.42. The fraction of sp³-hybridized carbons (Fsp3) is 0.625. The molecule has 0 bridgehead atoms. The lowest BCUT2D eigenvalue weighted by molar-refractivity contribution is -0.144. The SMILES string of the molecule is CC1(CCC(=O)N2CCc3c(c(C(F)(F)F)n[nH]c3=O)C2)CCC(=O)N1. The van der Waals surface area contributed by atoms with Gasteiger partial charge in [0.2, 0.25) is 11.8 Å². The summed E-state index contributed by atoms with van der Waals surface area (Å²) in [5, 5.41) is 7.84. The Hall–Kier alpha value is -2.39. The van der Waals surface area contributed by atoms with Gasteiger partial charge in [-0.25, -0.2) is 5.10 Å². The second-order valence-corrected chi connectivity index (χ2v) is 7.03. The van der Waals surface area contributed by atoms with E-state index >= 15 is 0 Å². The predicted molar refractivity (Wildman–Crippen MR) is 84.0 cm³/mol. The number of nitrogens with zero attached hydrogens (tertiary/aromatic N) is 2. The molecule has 2 N–H and O–H groups in total. The number of rotatable bonds is 3. The van der Waals surface area contributed by atoms with E-state index in [0.717, 1.165) is 0 Å². The van der Waals surface area contributed by atoms with E-state index in [1.807, 2.05) is 12.0 Å². The first-order valence-electron chi connectivity index (χ1n) is 8.35.